The van der Waals surface area contributed by atoms with Crippen LogP contribution >= 0.6 is 11.3 Å². The number of thiophene rings is 1. The molecule has 2 fully saturated rings. The number of likely N-dealkylation sites (tertiary alicyclic amines) is 1. The Bertz CT molecular complexity index is 1050. The van der Waals surface area contributed by atoms with Gasteiger partial charge in [0.25, 0.3) is 5.91 Å². The average Bonchev–Trinajstić information content (AvgIpc) is 3.43. The normalized spacial score (nSPS) is 23.5. The number of aromatic nitrogens is 3. The molecule has 5 rings (SSSR count). The number of pyridine rings is 1. The van der Waals surface area contributed by atoms with Gasteiger partial charge in [-0.15, -0.1) is 11.3 Å². The minimum absolute atomic E-state index is 0.00882. The van der Waals surface area contributed by atoms with E-state index < -0.39 is 0 Å². The molecule has 1 aliphatic carbocycles. The van der Waals surface area contributed by atoms with Crippen LogP contribution in [0.4, 0.5) is 0 Å². The first-order chi connectivity index (χ1) is 14.1. The monoisotopic (exact) mass is 409 g/mol. The number of hydrogen-bond acceptors (Lipinski definition) is 7. The summed E-state index contributed by atoms with van der Waals surface area (Å²) < 4.78 is 5.91. The Morgan fingerprint density at radius 1 is 1.28 bits per heavy atom. The van der Waals surface area contributed by atoms with Gasteiger partial charge in [-0.2, -0.15) is 4.98 Å². The van der Waals surface area contributed by atoms with E-state index in [-0.39, 0.29) is 11.9 Å². The van der Waals surface area contributed by atoms with E-state index in [4.69, 9.17) is 10.5 Å². The topological polar surface area (TPSA) is 94.2 Å². The number of fused-ring (bicyclic) bond motifs is 2. The summed E-state index contributed by atoms with van der Waals surface area (Å²) in [5.74, 6) is 2.24. The van der Waals surface area contributed by atoms with Gasteiger partial charge in [0, 0.05) is 30.9 Å². The fourth-order valence-corrected chi connectivity index (χ4v) is 5.26. The third-order valence-corrected chi connectivity index (χ3v) is 6.83. The second-order valence-electron chi connectivity index (χ2n) is 7.93. The molecule has 3 unspecified atom stereocenters. The van der Waals surface area contributed by atoms with Crippen LogP contribution in [0.5, 0.6) is 5.88 Å². The first-order valence-electron chi connectivity index (χ1n) is 9.93. The molecule has 1 saturated heterocycles. The predicted molar refractivity (Wildman–Crippen MR) is 111 cm³/mol. The number of nitrogens with zero attached hydrogens (tertiary/aromatic N) is 4. The Morgan fingerprint density at radius 3 is 2.97 bits per heavy atom. The lowest BCUT2D eigenvalue weighted by Crippen LogP contribution is -2.33. The van der Waals surface area contributed by atoms with Gasteiger partial charge in [-0.1, -0.05) is 6.07 Å². The minimum atomic E-state index is -0.00882. The molecular formula is C21H23N5O2S. The molecule has 4 heterocycles. The van der Waals surface area contributed by atoms with E-state index in [1.807, 2.05) is 29.3 Å². The van der Waals surface area contributed by atoms with E-state index in [1.165, 1.54) is 0 Å². The van der Waals surface area contributed by atoms with E-state index in [1.54, 1.807) is 23.6 Å². The summed E-state index contributed by atoms with van der Waals surface area (Å²) in [5.41, 5.74) is 7.55. The van der Waals surface area contributed by atoms with Crippen LogP contribution in [0.15, 0.2) is 29.8 Å². The van der Waals surface area contributed by atoms with Gasteiger partial charge in [-0.05, 0) is 49.1 Å². The molecule has 3 aromatic heterocycles. The van der Waals surface area contributed by atoms with E-state index in [9.17, 15) is 4.79 Å². The highest BCUT2D eigenvalue weighted by Gasteiger charge is 2.42. The van der Waals surface area contributed by atoms with Crippen LogP contribution in [0, 0.1) is 18.8 Å². The van der Waals surface area contributed by atoms with Crippen molar-refractivity contribution in [2.24, 2.45) is 17.6 Å². The van der Waals surface area contributed by atoms with Crippen LogP contribution in [0.2, 0.25) is 0 Å². The van der Waals surface area contributed by atoms with Crippen molar-refractivity contribution in [3.8, 4) is 5.88 Å². The van der Waals surface area contributed by atoms with Crippen molar-refractivity contribution in [3.63, 3.8) is 0 Å². The smallest absolute Gasteiger partial charge is 0.272 e. The number of carbonyl (C=O) groups is 1. The van der Waals surface area contributed by atoms with Crippen molar-refractivity contribution < 1.29 is 9.53 Å². The lowest BCUT2D eigenvalue weighted by molar-refractivity contribution is 0.0773. The molecule has 8 heteroatoms. The zero-order valence-electron chi connectivity index (χ0n) is 16.2. The molecule has 3 atom stereocenters. The minimum Gasteiger partial charge on any atom is -0.472 e. The highest BCUT2D eigenvalue weighted by molar-refractivity contribution is 7.16. The zero-order chi connectivity index (χ0) is 20.0. The Kier molecular flexibility index (Phi) is 4.67. The Balaban J connectivity index is 1.25. The Hall–Kier alpha value is -2.58. The number of carbonyl (C=O) groups excluding carboxylic acids is 1. The molecule has 150 valence electrons. The van der Waals surface area contributed by atoms with Gasteiger partial charge in [0.1, 0.15) is 23.0 Å². The van der Waals surface area contributed by atoms with E-state index in [2.05, 4.69) is 15.0 Å². The highest BCUT2D eigenvalue weighted by Crippen LogP contribution is 2.37. The lowest BCUT2D eigenvalue weighted by Gasteiger charge is -2.18. The molecule has 3 aromatic rings. The summed E-state index contributed by atoms with van der Waals surface area (Å²) >= 11 is 1.57. The number of hydrogen-bond donors (Lipinski definition) is 1. The average molecular weight is 410 g/mol. The fraction of sp³-hybridized carbons (Fsp3) is 0.429. The van der Waals surface area contributed by atoms with Crippen LogP contribution in [0.1, 0.15) is 34.7 Å². The van der Waals surface area contributed by atoms with Gasteiger partial charge < -0.3 is 15.4 Å². The van der Waals surface area contributed by atoms with Crippen LogP contribution in [-0.4, -0.2) is 44.9 Å². The van der Waals surface area contributed by atoms with Crippen molar-refractivity contribution in [3.05, 3.63) is 46.9 Å². The van der Waals surface area contributed by atoms with Crippen molar-refractivity contribution in [1.82, 2.24) is 19.9 Å². The summed E-state index contributed by atoms with van der Waals surface area (Å²) in [6, 6.07) is 5.86. The quantitative estimate of drug-likeness (QED) is 0.712. The number of amides is 1. The summed E-state index contributed by atoms with van der Waals surface area (Å²) in [7, 11) is 0. The van der Waals surface area contributed by atoms with Crippen LogP contribution in [0.25, 0.3) is 10.2 Å². The van der Waals surface area contributed by atoms with Crippen LogP contribution in [0.3, 0.4) is 0 Å². The molecule has 2 N–H and O–H groups in total. The van der Waals surface area contributed by atoms with E-state index in [0.717, 1.165) is 41.7 Å². The molecule has 0 aromatic carbocycles. The Morgan fingerprint density at radius 2 is 2.17 bits per heavy atom. The fourth-order valence-electron chi connectivity index (χ4n) is 4.46. The Labute approximate surface area is 172 Å². The van der Waals surface area contributed by atoms with Crippen LogP contribution < -0.4 is 10.5 Å². The summed E-state index contributed by atoms with van der Waals surface area (Å²) in [5, 5.41) is 2.89. The number of aryl methyl sites for hydroxylation is 1. The number of nitrogens with two attached hydrogens (primary N) is 1. The maximum Gasteiger partial charge on any atom is 0.272 e. The summed E-state index contributed by atoms with van der Waals surface area (Å²) in [6.07, 6.45) is 3.90. The summed E-state index contributed by atoms with van der Waals surface area (Å²) in [6.45, 7) is 3.74. The van der Waals surface area contributed by atoms with E-state index in [0.29, 0.717) is 35.8 Å². The predicted octanol–water partition coefficient (Wildman–Crippen LogP) is 2.78. The van der Waals surface area contributed by atoms with Crippen molar-refractivity contribution in [1.29, 1.82) is 0 Å². The first-order valence-corrected chi connectivity index (χ1v) is 10.8. The number of rotatable bonds is 4. The van der Waals surface area contributed by atoms with Gasteiger partial charge in [-0.25, -0.2) is 4.98 Å². The maximum atomic E-state index is 12.8. The molecule has 7 nitrogen and oxygen atoms in total. The van der Waals surface area contributed by atoms with Crippen molar-refractivity contribution in [2.75, 3.05) is 13.1 Å². The molecule has 0 radical (unpaired) electrons. The van der Waals surface area contributed by atoms with E-state index >= 15 is 0 Å². The zero-order valence-corrected chi connectivity index (χ0v) is 17.1. The van der Waals surface area contributed by atoms with Crippen molar-refractivity contribution >= 4 is 27.5 Å². The van der Waals surface area contributed by atoms with Gasteiger partial charge in [0.2, 0.25) is 5.88 Å². The second kappa shape index (κ2) is 7.35. The molecule has 2 aliphatic rings. The molecular weight excluding hydrogens is 386 g/mol. The molecule has 29 heavy (non-hydrogen) atoms. The molecule has 1 amide bonds. The van der Waals surface area contributed by atoms with Gasteiger partial charge >= 0.3 is 0 Å². The van der Waals surface area contributed by atoms with Crippen molar-refractivity contribution in [2.45, 2.75) is 32.4 Å². The van der Waals surface area contributed by atoms with Gasteiger partial charge in [-0.3, -0.25) is 9.78 Å². The second-order valence-corrected chi connectivity index (χ2v) is 8.83. The molecule has 0 spiro atoms. The lowest BCUT2D eigenvalue weighted by atomic mass is 9.98. The van der Waals surface area contributed by atoms with Gasteiger partial charge in [0.15, 0.2) is 0 Å². The standard InChI is InChI=1S/C21H23N5O2S/c1-12-24-19(15-6-7-29-20(15)25-12)28-11-13-2-5-18(23-8-13)21(27)26-9-14-3-4-17(22)16(14)10-26/h2,5-8,14,16-17H,3-4,9-11,22H2,1H3. The first kappa shape index (κ1) is 18.4. The third-order valence-electron chi connectivity index (χ3n) is 6.02. The number of ether oxygens (including phenoxy) is 1. The molecule has 1 aliphatic heterocycles. The molecule has 0 bridgehead atoms. The van der Waals surface area contributed by atoms with Crippen LogP contribution in [-0.2, 0) is 6.61 Å². The molecule has 1 saturated carbocycles. The third kappa shape index (κ3) is 3.47. The SMILES string of the molecule is Cc1nc(OCc2ccc(C(=O)N3CC4CCC(N)C4C3)nc2)c2ccsc2n1. The van der Waals surface area contributed by atoms with Gasteiger partial charge in [0.05, 0.1) is 5.39 Å². The largest absolute Gasteiger partial charge is 0.472 e. The highest BCUT2D eigenvalue weighted by atomic mass is 32.1. The summed E-state index contributed by atoms with van der Waals surface area (Å²) in [4.78, 5) is 28.8. The maximum absolute atomic E-state index is 12.8.